The summed E-state index contributed by atoms with van der Waals surface area (Å²) in [6.07, 6.45) is 5.36. The second-order valence-electron chi connectivity index (χ2n) is 6.50. The molecule has 124 valence electrons. The summed E-state index contributed by atoms with van der Waals surface area (Å²) < 4.78 is 6.14. The molecular formula is C19H32N2O. The molecule has 1 atom stereocenters. The largest absolute Gasteiger partial charge is 0.489 e. The Balaban J connectivity index is 2.27. The van der Waals surface area contributed by atoms with E-state index in [0.717, 1.165) is 25.4 Å². The van der Waals surface area contributed by atoms with Gasteiger partial charge in [0.1, 0.15) is 5.75 Å². The molecule has 0 bridgehead atoms. The summed E-state index contributed by atoms with van der Waals surface area (Å²) in [5.74, 6) is 1.05. The number of nitrogens with zero attached hydrogens (tertiary/aromatic N) is 1. The summed E-state index contributed by atoms with van der Waals surface area (Å²) in [6, 6.07) is 7.38. The van der Waals surface area contributed by atoms with Gasteiger partial charge >= 0.3 is 0 Å². The zero-order chi connectivity index (χ0) is 15.9. The zero-order valence-corrected chi connectivity index (χ0v) is 14.7. The van der Waals surface area contributed by atoms with E-state index in [2.05, 4.69) is 56.1 Å². The van der Waals surface area contributed by atoms with Crippen molar-refractivity contribution in [1.29, 1.82) is 0 Å². The van der Waals surface area contributed by atoms with Crippen molar-refractivity contribution in [2.45, 2.75) is 72.1 Å². The normalized spacial score (nSPS) is 18.8. The summed E-state index contributed by atoms with van der Waals surface area (Å²) in [6.45, 7) is 11.7. The van der Waals surface area contributed by atoms with Crippen molar-refractivity contribution in [3.63, 3.8) is 0 Å². The second-order valence-corrected chi connectivity index (χ2v) is 6.50. The highest BCUT2D eigenvalue weighted by atomic mass is 16.5. The number of rotatable bonds is 7. The van der Waals surface area contributed by atoms with E-state index in [9.17, 15) is 0 Å². The Morgan fingerprint density at radius 1 is 1.27 bits per heavy atom. The molecule has 1 aromatic carbocycles. The van der Waals surface area contributed by atoms with Gasteiger partial charge in [-0.2, -0.15) is 0 Å². The first-order valence-corrected chi connectivity index (χ1v) is 8.92. The standard InChI is InChI=1S/C19H32N2O/c1-5-17-9-7-8-12-21(17)18-11-10-16(14-20-6-2)13-19(18)22-15(3)4/h10-11,13,15,17,20H,5-9,12,14H2,1-4H3. The van der Waals surface area contributed by atoms with Crippen LogP contribution in [0.2, 0.25) is 0 Å². The van der Waals surface area contributed by atoms with Gasteiger partial charge in [-0.1, -0.05) is 19.9 Å². The van der Waals surface area contributed by atoms with Crippen molar-refractivity contribution < 1.29 is 4.74 Å². The summed E-state index contributed by atoms with van der Waals surface area (Å²) in [5.41, 5.74) is 2.58. The highest BCUT2D eigenvalue weighted by molar-refractivity contribution is 5.61. The van der Waals surface area contributed by atoms with Crippen LogP contribution in [0.25, 0.3) is 0 Å². The van der Waals surface area contributed by atoms with E-state index < -0.39 is 0 Å². The lowest BCUT2D eigenvalue weighted by molar-refractivity contribution is 0.241. The third kappa shape index (κ3) is 4.39. The van der Waals surface area contributed by atoms with Crippen molar-refractivity contribution in [3.05, 3.63) is 23.8 Å². The average molecular weight is 304 g/mol. The summed E-state index contributed by atoms with van der Waals surface area (Å²) in [4.78, 5) is 2.57. The fourth-order valence-corrected chi connectivity index (χ4v) is 3.27. The van der Waals surface area contributed by atoms with Crippen LogP contribution >= 0.6 is 0 Å². The van der Waals surface area contributed by atoms with Gasteiger partial charge in [-0.3, -0.25) is 0 Å². The minimum atomic E-state index is 0.206. The van der Waals surface area contributed by atoms with Gasteiger partial charge in [-0.05, 0) is 63.8 Å². The average Bonchev–Trinajstić information content (AvgIpc) is 2.52. The number of piperidine rings is 1. The van der Waals surface area contributed by atoms with E-state index in [4.69, 9.17) is 4.74 Å². The molecule has 0 saturated carbocycles. The number of ether oxygens (including phenoxy) is 1. The molecule has 1 saturated heterocycles. The monoisotopic (exact) mass is 304 g/mol. The minimum Gasteiger partial charge on any atom is -0.489 e. The van der Waals surface area contributed by atoms with Gasteiger partial charge < -0.3 is 15.0 Å². The number of anilines is 1. The molecule has 1 heterocycles. The van der Waals surface area contributed by atoms with Crippen molar-refractivity contribution in [3.8, 4) is 5.75 Å². The Bertz CT molecular complexity index is 459. The maximum absolute atomic E-state index is 6.14. The highest BCUT2D eigenvalue weighted by Gasteiger charge is 2.24. The van der Waals surface area contributed by atoms with Gasteiger partial charge in [-0.15, -0.1) is 0 Å². The van der Waals surface area contributed by atoms with Crippen LogP contribution in [0, 0.1) is 0 Å². The smallest absolute Gasteiger partial charge is 0.143 e. The molecule has 0 radical (unpaired) electrons. The predicted molar refractivity (Wildman–Crippen MR) is 94.9 cm³/mol. The predicted octanol–water partition coefficient (Wildman–Crippen LogP) is 4.35. The van der Waals surface area contributed by atoms with Crippen LogP contribution in [-0.2, 0) is 6.54 Å². The van der Waals surface area contributed by atoms with Gasteiger partial charge in [0.05, 0.1) is 11.8 Å². The molecule has 22 heavy (non-hydrogen) atoms. The summed E-state index contributed by atoms with van der Waals surface area (Å²) >= 11 is 0. The molecule has 1 aliphatic rings. The third-order valence-corrected chi connectivity index (χ3v) is 4.37. The van der Waals surface area contributed by atoms with Crippen LogP contribution in [0.5, 0.6) is 5.75 Å². The van der Waals surface area contributed by atoms with Gasteiger partial charge in [0.25, 0.3) is 0 Å². The second kappa shape index (κ2) is 8.42. The van der Waals surface area contributed by atoms with Crippen LogP contribution in [0.3, 0.4) is 0 Å². The molecule has 2 rings (SSSR count). The first-order chi connectivity index (χ1) is 10.7. The molecular weight excluding hydrogens is 272 g/mol. The van der Waals surface area contributed by atoms with E-state index >= 15 is 0 Å². The Morgan fingerprint density at radius 2 is 2.09 bits per heavy atom. The Hall–Kier alpha value is -1.22. The first-order valence-electron chi connectivity index (χ1n) is 8.92. The lowest BCUT2D eigenvalue weighted by Crippen LogP contribution is -2.39. The quantitative estimate of drug-likeness (QED) is 0.810. The lowest BCUT2D eigenvalue weighted by atomic mass is 9.98. The van der Waals surface area contributed by atoms with E-state index in [1.165, 1.54) is 36.9 Å². The van der Waals surface area contributed by atoms with Gasteiger partial charge in [0, 0.05) is 19.1 Å². The molecule has 1 aromatic rings. The van der Waals surface area contributed by atoms with Crippen molar-refractivity contribution >= 4 is 5.69 Å². The van der Waals surface area contributed by atoms with Crippen molar-refractivity contribution in [2.75, 3.05) is 18.0 Å². The maximum atomic E-state index is 6.14. The Labute approximate surface area is 136 Å². The van der Waals surface area contributed by atoms with Gasteiger partial charge in [-0.25, -0.2) is 0 Å². The Kier molecular flexibility index (Phi) is 6.56. The van der Waals surface area contributed by atoms with Crippen molar-refractivity contribution in [2.24, 2.45) is 0 Å². The topological polar surface area (TPSA) is 24.5 Å². The third-order valence-electron chi connectivity index (χ3n) is 4.37. The fraction of sp³-hybridized carbons (Fsp3) is 0.684. The maximum Gasteiger partial charge on any atom is 0.143 e. The molecule has 0 amide bonds. The summed E-state index contributed by atoms with van der Waals surface area (Å²) in [7, 11) is 0. The molecule has 0 aliphatic carbocycles. The molecule has 3 nitrogen and oxygen atoms in total. The van der Waals surface area contributed by atoms with Gasteiger partial charge in [0.15, 0.2) is 0 Å². The molecule has 1 unspecified atom stereocenters. The first kappa shape index (κ1) is 17.1. The molecule has 0 aromatic heterocycles. The molecule has 1 fully saturated rings. The van der Waals surface area contributed by atoms with E-state index in [-0.39, 0.29) is 6.10 Å². The van der Waals surface area contributed by atoms with Crippen molar-refractivity contribution in [1.82, 2.24) is 5.32 Å². The minimum absolute atomic E-state index is 0.206. The van der Waals surface area contributed by atoms with E-state index in [1.54, 1.807) is 0 Å². The van der Waals surface area contributed by atoms with Crippen LogP contribution < -0.4 is 15.0 Å². The van der Waals surface area contributed by atoms with E-state index in [1.807, 2.05) is 0 Å². The zero-order valence-electron chi connectivity index (χ0n) is 14.7. The highest BCUT2D eigenvalue weighted by Crippen LogP contribution is 2.35. The van der Waals surface area contributed by atoms with Crippen LogP contribution in [0.4, 0.5) is 5.69 Å². The molecule has 0 spiro atoms. The van der Waals surface area contributed by atoms with Crippen LogP contribution in [-0.4, -0.2) is 25.2 Å². The van der Waals surface area contributed by atoms with Gasteiger partial charge in [0.2, 0.25) is 0 Å². The van der Waals surface area contributed by atoms with Crippen LogP contribution in [0.15, 0.2) is 18.2 Å². The number of hydrogen-bond acceptors (Lipinski definition) is 3. The molecule has 1 aliphatic heterocycles. The Morgan fingerprint density at radius 3 is 2.77 bits per heavy atom. The molecule has 1 N–H and O–H groups in total. The van der Waals surface area contributed by atoms with Crippen LogP contribution in [0.1, 0.15) is 58.9 Å². The summed E-state index contributed by atoms with van der Waals surface area (Å²) in [5, 5.41) is 3.39. The number of hydrogen-bond donors (Lipinski definition) is 1. The van der Waals surface area contributed by atoms with E-state index in [0.29, 0.717) is 6.04 Å². The number of nitrogens with one attached hydrogen (secondary N) is 1. The number of benzene rings is 1. The lowest BCUT2D eigenvalue weighted by Gasteiger charge is -2.38. The fourth-order valence-electron chi connectivity index (χ4n) is 3.27. The SMILES string of the molecule is CCNCc1ccc(N2CCCCC2CC)c(OC(C)C)c1. The molecule has 3 heteroatoms.